The van der Waals surface area contributed by atoms with E-state index in [1.165, 1.54) is 10.7 Å². The van der Waals surface area contributed by atoms with E-state index in [-0.39, 0.29) is 17.6 Å². The lowest BCUT2D eigenvalue weighted by molar-refractivity contribution is -0.144. The fraction of sp³-hybridized carbons (Fsp3) is 0.412. The van der Waals surface area contributed by atoms with Gasteiger partial charge in [-0.15, -0.1) is 5.10 Å². The van der Waals surface area contributed by atoms with Crippen molar-refractivity contribution >= 4 is 23.0 Å². The van der Waals surface area contributed by atoms with E-state index in [2.05, 4.69) is 15.1 Å². The quantitative estimate of drug-likeness (QED) is 0.684. The number of piperidine rings is 1. The van der Waals surface area contributed by atoms with Crippen molar-refractivity contribution in [3.8, 4) is 0 Å². The molecule has 3 aromatic rings. The average Bonchev–Trinajstić information content (AvgIpc) is 3.30. The SMILES string of the molecule is O=C(Cc1ccsc1)N1CCC(c2ccnc3nc(C(F)(F)F)nn23)CC1. The second kappa shape index (κ2) is 6.91. The Hall–Kier alpha value is -2.49. The highest BCUT2D eigenvalue weighted by atomic mass is 32.1. The first kappa shape index (κ1) is 17.9. The lowest BCUT2D eigenvalue weighted by Gasteiger charge is -2.32. The molecule has 10 heteroatoms. The van der Waals surface area contributed by atoms with Crippen LogP contribution >= 0.6 is 11.3 Å². The number of aromatic nitrogens is 4. The Bertz CT molecular complexity index is 945. The molecule has 27 heavy (non-hydrogen) atoms. The third-order valence-corrected chi connectivity index (χ3v) is 5.46. The number of likely N-dealkylation sites (tertiary alicyclic amines) is 1. The minimum Gasteiger partial charge on any atom is -0.342 e. The van der Waals surface area contributed by atoms with E-state index >= 15 is 0 Å². The summed E-state index contributed by atoms with van der Waals surface area (Å²) in [6, 6.07) is 3.61. The Morgan fingerprint density at radius 2 is 2.04 bits per heavy atom. The number of thiophene rings is 1. The number of carbonyl (C=O) groups excluding carboxylic acids is 1. The molecule has 0 aliphatic carbocycles. The predicted molar refractivity (Wildman–Crippen MR) is 92.4 cm³/mol. The van der Waals surface area contributed by atoms with Crippen LogP contribution < -0.4 is 0 Å². The molecule has 1 amide bonds. The maximum atomic E-state index is 12.9. The first-order valence-electron chi connectivity index (χ1n) is 8.49. The van der Waals surface area contributed by atoms with Crippen LogP contribution in [0.3, 0.4) is 0 Å². The minimum atomic E-state index is -4.61. The Kier molecular flexibility index (Phi) is 4.58. The molecule has 1 aliphatic rings. The van der Waals surface area contributed by atoms with Gasteiger partial charge in [-0.1, -0.05) is 0 Å². The highest BCUT2D eigenvalue weighted by Crippen LogP contribution is 2.30. The summed E-state index contributed by atoms with van der Waals surface area (Å²) < 4.78 is 39.8. The molecule has 142 valence electrons. The van der Waals surface area contributed by atoms with Crippen LogP contribution in [0.5, 0.6) is 0 Å². The van der Waals surface area contributed by atoms with Crippen molar-refractivity contribution in [2.24, 2.45) is 0 Å². The van der Waals surface area contributed by atoms with Crippen molar-refractivity contribution < 1.29 is 18.0 Å². The molecule has 0 saturated carbocycles. The molecule has 0 N–H and O–H groups in total. The average molecular weight is 395 g/mol. The van der Waals surface area contributed by atoms with Gasteiger partial charge in [0.1, 0.15) is 0 Å². The van der Waals surface area contributed by atoms with Crippen LogP contribution in [0.1, 0.15) is 35.8 Å². The molecule has 1 saturated heterocycles. The first-order chi connectivity index (χ1) is 12.9. The third kappa shape index (κ3) is 3.66. The van der Waals surface area contributed by atoms with E-state index in [4.69, 9.17) is 0 Å². The van der Waals surface area contributed by atoms with E-state index in [1.54, 1.807) is 17.4 Å². The van der Waals surface area contributed by atoms with E-state index < -0.39 is 12.0 Å². The van der Waals surface area contributed by atoms with E-state index in [9.17, 15) is 18.0 Å². The minimum absolute atomic E-state index is 0.00322. The zero-order valence-corrected chi connectivity index (χ0v) is 15.0. The summed E-state index contributed by atoms with van der Waals surface area (Å²) in [4.78, 5) is 21.6. The lowest BCUT2D eigenvalue weighted by Crippen LogP contribution is -2.39. The number of halogens is 3. The van der Waals surface area contributed by atoms with Gasteiger partial charge in [0.25, 0.3) is 11.6 Å². The zero-order valence-electron chi connectivity index (χ0n) is 14.2. The molecule has 6 nitrogen and oxygen atoms in total. The Balaban J connectivity index is 1.48. The summed E-state index contributed by atoms with van der Waals surface area (Å²) in [6.07, 6.45) is -1.45. The fourth-order valence-electron chi connectivity index (χ4n) is 3.34. The predicted octanol–water partition coefficient (Wildman–Crippen LogP) is 3.15. The topological polar surface area (TPSA) is 63.4 Å². The van der Waals surface area contributed by atoms with Gasteiger partial charge in [-0.2, -0.15) is 29.5 Å². The van der Waals surface area contributed by atoms with Gasteiger partial charge in [0.05, 0.1) is 12.1 Å². The number of hydrogen-bond acceptors (Lipinski definition) is 5. The van der Waals surface area contributed by atoms with Gasteiger partial charge >= 0.3 is 6.18 Å². The van der Waals surface area contributed by atoms with Crippen LogP contribution in [0.15, 0.2) is 29.1 Å². The fourth-order valence-corrected chi connectivity index (χ4v) is 4.01. The van der Waals surface area contributed by atoms with Crippen molar-refractivity contribution in [3.63, 3.8) is 0 Å². The molecule has 1 aliphatic heterocycles. The van der Waals surface area contributed by atoms with Crippen molar-refractivity contribution in [2.75, 3.05) is 13.1 Å². The maximum absolute atomic E-state index is 12.9. The number of alkyl halides is 3. The monoisotopic (exact) mass is 395 g/mol. The highest BCUT2D eigenvalue weighted by Gasteiger charge is 2.37. The molecule has 0 aromatic carbocycles. The van der Waals surface area contributed by atoms with Gasteiger partial charge in [0.15, 0.2) is 0 Å². The largest absolute Gasteiger partial charge is 0.453 e. The molecule has 0 unspecified atom stereocenters. The van der Waals surface area contributed by atoms with Gasteiger partial charge in [-0.3, -0.25) is 4.79 Å². The Morgan fingerprint density at radius 3 is 2.70 bits per heavy atom. The van der Waals surface area contributed by atoms with Gasteiger partial charge in [-0.05, 0) is 41.3 Å². The smallest absolute Gasteiger partial charge is 0.342 e. The van der Waals surface area contributed by atoms with E-state index in [0.717, 1.165) is 5.56 Å². The van der Waals surface area contributed by atoms with Crippen LogP contribution in [-0.4, -0.2) is 43.5 Å². The van der Waals surface area contributed by atoms with Gasteiger partial charge in [-0.25, -0.2) is 9.50 Å². The van der Waals surface area contributed by atoms with Gasteiger partial charge < -0.3 is 4.90 Å². The molecule has 0 bridgehead atoms. The normalized spacial score (nSPS) is 16.2. The van der Waals surface area contributed by atoms with Crippen LogP contribution in [0, 0.1) is 0 Å². The van der Waals surface area contributed by atoms with Crippen LogP contribution in [0.4, 0.5) is 13.2 Å². The number of fused-ring (bicyclic) bond motifs is 1. The van der Waals surface area contributed by atoms with Crippen molar-refractivity contribution in [2.45, 2.75) is 31.4 Å². The Morgan fingerprint density at radius 1 is 1.26 bits per heavy atom. The van der Waals surface area contributed by atoms with Crippen molar-refractivity contribution in [1.29, 1.82) is 0 Å². The summed E-state index contributed by atoms with van der Waals surface area (Å²) in [5, 5.41) is 7.50. The molecule has 3 aromatic heterocycles. The summed E-state index contributed by atoms with van der Waals surface area (Å²) in [6.45, 7) is 1.14. The lowest BCUT2D eigenvalue weighted by atomic mass is 9.93. The molecular formula is C17H16F3N5OS. The molecule has 0 spiro atoms. The van der Waals surface area contributed by atoms with Gasteiger partial charge in [0.2, 0.25) is 5.91 Å². The summed E-state index contributed by atoms with van der Waals surface area (Å²) in [5.41, 5.74) is 1.65. The second-order valence-electron chi connectivity index (χ2n) is 6.48. The number of hydrogen-bond donors (Lipinski definition) is 0. The molecular weight excluding hydrogens is 379 g/mol. The molecule has 4 rings (SSSR count). The number of nitrogens with zero attached hydrogens (tertiary/aromatic N) is 5. The number of rotatable bonds is 3. The Labute approximate surface area is 156 Å². The number of amides is 1. The maximum Gasteiger partial charge on any atom is 0.453 e. The van der Waals surface area contributed by atoms with E-state index in [0.29, 0.717) is 38.0 Å². The molecule has 0 radical (unpaired) electrons. The van der Waals surface area contributed by atoms with Crippen LogP contribution in [0.25, 0.3) is 5.78 Å². The van der Waals surface area contributed by atoms with Crippen LogP contribution in [-0.2, 0) is 17.4 Å². The number of carbonyl (C=O) groups is 1. The molecule has 1 fully saturated rings. The standard InChI is InChI=1S/C17H16F3N5OS/c18-17(19,20)15-22-16-21-5-1-13(25(16)23-15)12-2-6-24(7-3-12)14(26)9-11-4-8-27-10-11/h1,4-5,8,10,12H,2-3,6-7,9H2. The second-order valence-corrected chi connectivity index (χ2v) is 7.26. The van der Waals surface area contributed by atoms with E-state index in [1.807, 2.05) is 21.7 Å². The molecule has 0 atom stereocenters. The summed E-state index contributed by atoms with van der Waals surface area (Å²) in [7, 11) is 0. The summed E-state index contributed by atoms with van der Waals surface area (Å²) >= 11 is 1.56. The van der Waals surface area contributed by atoms with Crippen molar-refractivity contribution in [1.82, 2.24) is 24.5 Å². The zero-order chi connectivity index (χ0) is 19.0. The van der Waals surface area contributed by atoms with Crippen molar-refractivity contribution in [3.05, 3.63) is 46.2 Å². The third-order valence-electron chi connectivity index (χ3n) is 4.72. The first-order valence-corrected chi connectivity index (χ1v) is 9.44. The highest BCUT2D eigenvalue weighted by molar-refractivity contribution is 7.08. The van der Waals surface area contributed by atoms with Crippen LogP contribution in [0.2, 0.25) is 0 Å². The summed E-state index contributed by atoms with van der Waals surface area (Å²) in [5.74, 6) is -1.17. The van der Waals surface area contributed by atoms with Gasteiger partial charge in [0, 0.05) is 25.2 Å². The molecule has 4 heterocycles.